The Morgan fingerprint density at radius 2 is 1.95 bits per heavy atom. The topological polar surface area (TPSA) is 26.3 Å². The normalized spacial score (nSPS) is 12.2. The van der Waals surface area contributed by atoms with Gasteiger partial charge in [-0.25, -0.2) is 4.79 Å². The van der Waals surface area contributed by atoms with Crippen molar-refractivity contribution in [1.82, 2.24) is 0 Å². The fraction of sp³-hybridized carbons (Fsp3) is 0.400. The van der Waals surface area contributed by atoms with Crippen LogP contribution in [0, 0.1) is 0 Å². The Morgan fingerprint density at radius 1 is 1.37 bits per heavy atom. The van der Waals surface area contributed by atoms with Gasteiger partial charge in [0.05, 0.1) is 14.1 Å². The minimum absolute atomic E-state index is 0. The molecule has 0 saturated carbocycles. The quantitative estimate of drug-likeness (QED) is 0.311. The van der Waals surface area contributed by atoms with E-state index in [-0.39, 0.29) is 29.2 Å². The van der Waals surface area contributed by atoms with E-state index in [0.717, 1.165) is 13.0 Å². The number of esters is 1. The number of hydrogen-bond donors (Lipinski definition) is 0. The number of benzene rings is 1. The molecule has 0 aromatic heterocycles. The summed E-state index contributed by atoms with van der Waals surface area (Å²) in [5.74, 6) is -0.360. The highest BCUT2D eigenvalue weighted by atomic mass is 79.9. The van der Waals surface area contributed by atoms with E-state index in [1.807, 2.05) is 25.1 Å². The summed E-state index contributed by atoms with van der Waals surface area (Å²) in [6, 6.07) is 10.2. The highest BCUT2D eigenvalue weighted by Crippen LogP contribution is 2.17. The van der Waals surface area contributed by atoms with Crippen LogP contribution in [-0.2, 0) is 16.1 Å². The van der Waals surface area contributed by atoms with Crippen LogP contribution in [0.1, 0.15) is 18.9 Å². The summed E-state index contributed by atoms with van der Waals surface area (Å²) in [5.41, 5.74) is 1.23. The number of rotatable bonds is 6. The average Bonchev–Trinajstić information content (AvgIpc) is 2.36. The largest absolute Gasteiger partial charge is 1.00 e. The average molecular weight is 328 g/mol. The van der Waals surface area contributed by atoms with Gasteiger partial charge in [-0.3, -0.25) is 4.48 Å². The molecule has 0 N–H and O–H groups in total. The maximum absolute atomic E-state index is 11.3. The van der Waals surface area contributed by atoms with Crippen molar-refractivity contribution in [3.8, 4) is 0 Å². The van der Waals surface area contributed by atoms with E-state index >= 15 is 0 Å². The molecule has 1 aromatic rings. The zero-order valence-corrected chi connectivity index (χ0v) is 13.4. The van der Waals surface area contributed by atoms with Gasteiger partial charge < -0.3 is 21.7 Å². The first-order chi connectivity index (χ1) is 8.49. The van der Waals surface area contributed by atoms with E-state index in [9.17, 15) is 4.79 Å². The zero-order chi connectivity index (χ0) is 13.6. The molecule has 0 fully saturated rings. The summed E-state index contributed by atoms with van der Waals surface area (Å²) in [7, 11) is 4.13. The van der Waals surface area contributed by atoms with Gasteiger partial charge in [0.1, 0.15) is 6.54 Å². The van der Waals surface area contributed by atoms with E-state index < -0.39 is 0 Å². The summed E-state index contributed by atoms with van der Waals surface area (Å²) in [6.07, 6.45) is 1.83. The predicted molar refractivity (Wildman–Crippen MR) is 72.6 cm³/mol. The van der Waals surface area contributed by atoms with Crippen molar-refractivity contribution >= 4 is 5.97 Å². The molecule has 19 heavy (non-hydrogen) atoms. The number of quaternary nitrogens is 1. The van der Waals surface area contributed by atoms with E-state index in [0.29, 0.717) is 4.48 Å². The zero-order valence-electron chi connectivity index (χ0n) is 11.8. The predicted octanol–water partition coefficient (Wildman–Crippen LogP) is -0.268. The summed E-state index contributed by atoms with van der Waals surface area (Å²) in [4.78, 5) is 11.3. The fourth-order valence-electron chi connectivity index (χ4n) is 2.06. The molecule has 0 radical (unpaired) electrons. The van der Waals surface area contributed by atoms with Gasteiger partial charge in [0.2, 0.25) is 6.23 Å². The van der Waals surface area contributed by atoms with Gasteiger partial charge in [-0.1, -0.05) is 43.8 Å². The van der Waals surface area contributed by atoms with Crippen LogP contribution in [0.15, 0.2) is 43.0 Å². The van der Waals surface area contributed by atoms with Crippen LogP contribution in [0.3, 0.4) is 0 Å². The molecule has 1 rings (SSSR count). The van der Waals surface area contributed by atoms with Crippen LogP contribution in [0.2, 0.25) is 0 Å². The van der Waals surface area contributed by atoms with Crippen molar-refractivity contribution in [3.05, 3.63) is 48.6 Å². The highest BCUT2D eigenvalue weighted by Gasteiger charge is 2.29. The van der Waals surface area contributed by atoms with Gasteiger partial charge in [0.15, 0.2) is 0 Å². The molecule has 0 heterocycles. The smallest absolute Gasteiger partial charge is 0.334 e. The second kappa shape index (κ2) is 8.12. The summed E-state index contributed by atoms with van der Waals surface area (Å²) in [6.45, 7) is 6.28. The lowest BCUT2D eigenvalue weighted by Crippen LogP contribution is -3.00. The number of ether oxygens (including phenoxy) is 1. The Labute approximate surface area is 126 Å². The van der Waals surface area contributed by atoms with Crippen LogP contribution >= 0.6 is 0 Å². The van der Waals surface area contributed by atoms with Crippen molar-refractivity contribution < 1.29 is 31.0 Å². The van der Waals surface area contributed by atoms with Gasteiger partial charge in [-0.2, -0.15) is 0 Å². The lowest BCUT2D eigenvalue weighted by Gasteiger charge is -2.36. The molecular formula is C15H22BrNO2. The number of nitrogens with zero attached hydrogens (tertiary/aromatic N) is 1. The van der Waals surface area contributed by atoms with Crippen molar-refractivity contribution in [2.24, 2.45) is 0 Å². The number of carbonyl (C=O) groups is 1. The van der Waals surface area contributed by atoms with Gasteiger partial charge in [-0.05, 0) is 0 Å². The first-order valence-corrected chi connectivity index (χ1v) is 6.19. The van der Waals surface area contributed by atoms with Crippen molar-refractivity contribution in [2.45, 2.75) is 26.1 Å². The Morgan fingerprint density at radius 3 is 2.42 bits per heavy atom. The van der Waals surface area contributed by atoms with Gasteiger partial charge in [0, 0.05) is 18.1 Å². The maximum atomic E-state index is 11.3. The molecule has 0 aliphatic heterocycles. The SMILES string of the molecule is C=CC(=O)OC(CC)[N+](C)(C)Cc1ccccc1.[Br-]. The standard InChI is InChI=1S/C15H22NO2.BrH/c1-5-14(18-15(17)6-2)16(3,4)12-13-10-8-7-9-11-13;/h6-11,14H,2,5,12H2,1,3-4H3;1H/q+1;/p-1. The number of hydrogen-bond acceptors (Lipinski definition) is 2. The molecule has 0 amide bonds. The third-order valence-corrected chi connectivity index (χ3v) is 2.98. The van der Waals surface area contributed by atoms with E-state index in [1.165, 1.54) is 11.6 Å². The van der Waals surface area contributed by atoms with Gasteiger partial charge >= 0.3 is 5.97 Å². The minimum atomic E-state index is -0.360. The van der Waals surface area contributed by atoms with E-state index in [4.69, 9.17) is 4.74 Å². The lowest BCUT2D eigenvalue weighted by molar-refractivity contribution is -0.947. The molecule has 0 saturated heterocycles. The lowest BCUT2D eigenvalue weighted by atomic mass is 10.2. The Bertz CT molecular complexity index is 404. The Kier molecular flexibility index (Phi) is 7.64. The monoisotopic (exact) mass is 327 g/mol. The van der Waals surface area contributed by atoms with Crippen molar-refractivity contribution in [3.63, 3.8) is 0 Å². The molecule has 1 aromatic carbocycles. The third-order valence-electron chi connectivity index (χ3n) is 2.98. The Hall–Kier alpha value is -1.13. The fourth-order valence-corrected chi connectivity index (χ4v) is 2.06. The molecule has 1 atom stereocenters. The first kappa shape index (κ1) is 17.9. The second-order valence-electron chi connectivity index (χ2n) is 4.93. The van der Waals surface area contributed by atoms with Crippen LogP contribution in [-0.4, -0.2) is 30.8 Å². The van der Waals surface area contributed by atoms with Gasteiger partial charge in [0.25, 0.3) is 0 Å². The van der Waals surface area contributed by atoms with Crippen LogP contribution in [0.4, 0.5) is 0 Å². The molecule has 0 aliphatic carbocycles. The van der Waals surface area contributed by atoms with Gasteiger partial charge in [-0.15, -0.1) is 0 Å². The summed E-state index contributed by atoms with van der Waals surface area (Å²) in [5, 5.41) is 0. The molecule has 3 nitrogen and oxygen atoms in total. The minimum Gasteiger partial charge on any atom is -1.00 e. The summed E-state index contributed by atoms with van der Waals surface area (Å²) < 4.78 is 6.01. The van der Waals surface area contributed by atoms with Crippen molar-refractivity contribution in [1.29, 1.82) is 0 Å². The van der Waals surface area contributed by atoms with Crippen molar-refractivity contribution in [2.75, 3.05) is 14.1 Å². The summed E-state index contributed by atoms with van der Waals surface area (Å²) >= 11 is 0. The number of carbonyl (C=O) groups excluding carboxylic acids is 1. The maximum Gasteiger partial charge on any atom is 0.334 e. The first-order valence-electron chi connectivity index (χ1n) is 6.19. The molecule has 106 valence electrons. The van der Waals surface area contributed by atoms with Crippen LogP contribution in [0.25, 0.3) is 0 Å². The Balaban J connectivity index is 0.00000324. The van der Waals surface area contributed by atoms with E-state index in [2.05, 4.69) is 32.8 Å². The van der Waals surface area contributed by atoms with E-state index in [1.54, 1.807) is 0 Å². The molecule has 0 spiro atoms. The van der Waals surface area contributed by atoms with Crippen LogP contribution in [0.5, 0.6) is 0 Å². The molecular weight excluding hydrogens is 306 g/mol. The third kappa shape index (κ3) is 5.57. The molecule has 0 bridgehead atoms. The highest BCUT2D eigenvalue weighted by molar-refractivity contribution is 5.81. The molecule has 4 heteroatoms. The molecule has 0 aliphatic rings. The van der Waals surface area contributed by atoms with Crippen LogP contribution < -0.4 is 17.0 Å². The molecule has 1 unspecified atom stereocenters. The number of halogens is 1. The second-order valence-corrected chi connectivity index (χ2v) is 4.93.